The Morgan fingerprint density at radius 1 is 1.13 bits per heavy atom. The summed E-state index contributed by atoms with van der Waals surface area (Å²) in [5, 5.41) is 9.06. The second kappa shape index (κ2) is 7.31. The summed E-state index contributed by atoms with van der Waals surface area (Å²) < 4.78 is 10.3. The Morgan fingerprint density at radius 2 is 1.83 bits per heavy atom. The third-order valence-corrected chi connectivity index (χ3v) is 3.28. The topological polar surface area (TPSA) is 76.1 Å². The average Bonchev–Trinajstić information content (AvgIpc) is 2.59. The van der Waals surface area contributed by atoms with Crippen LogP contribution < -0.4 is 9.64 Å². The van der Waals surface area contributed by atoms with Crippen molar-refractivity contribution in [3.8, 4) is 5.75 Å². The zero-order chi connectivity index (χ0) is 16.8. The van der Waals surface area contributed by atoms with Crippen LogP contribution in [0.5, 0.6) is 5.75 Å². The minimum Gasteiger partial charge on any atom is -0.496 e. The molecule has 0 aliphatic carbocycles. The van der Waals surface area contributed by atoms with Crippen molar-refractivity contribution in [2.24, 2.45) is 0 Å². The van der Waals surface area contributed by atoms with E-state index in [1.165, 1.54) is 30.2 Å². The summed E-state index contributed by atoms with van der Waals surface area (Å²) in [6.07, 6.45) is -0.543. The highest BCUT2D eigenvalue weighted by molar-refractivity contribution is 5.93. The van der Waals surface area contributed by atoms with Gasteiger partial charge in [-0.05, 0) is 17.7 Å². The van der Waals surface area contributed by atoms with Crippen LogP contribution in [0.4, 0.5) is 10.5 Å². The molecule has 0 fully saturated rings. The van der Waals surface area contributed by atoms with Gasteiger partial charge in [-0.2, -0.15) is 0 Å². The first-order valence-corrected chi connectivity index (χ1v) is 6.88. The highest BCUT2D eigenvalue weighted by Gasteiger charge is 2.17. The average molecular weight is 315 g/mol. The normalized spacial score (nSPS) is 10.0. The van der Waals surface area contributed by atoms with Gasteiger partial charge in [0, 0.05) is 13.1 Å². The lowest BCUT2D eigenvalue weighted by molar-refractivity contribution is 0.0693. The van der Waals surface area contributed by atoms with E-state index >= 15 is 0 Å². The van der Waals surface area contributed by atoms with Gasteiger partial charge in [-0.25, -0.2) is 9.59 Å². The molecule has 0 unspecified atom stereocenters. The van der Waals surface area contributed by atoms with Crippen molar-refractivity contribution in [1.82, 2.24) is 0 Å². The summed E-state index contributed by atoms with van der Waals surface area (Å²) in [5.41, 5.74) is 1.39. The minimum absolute atomic E-state index is 0.0299. The summed E-state index contributed by atoms with van der Waals surface area (Å²) in [6, 6.07) is 13.7. The zero-order valence-corrected chi connectivity index (χ0v) is 12.9. The van der Waals surface area contributed by atoms with Gasteiger partial charge in [-0.15, -0.1) is 0 Å². The zero-order valence-electron chi connectivity index (χ0n) is 12.9. The predicted octanol–water partition coefficient (Wildman–Crippen LogP) is 3.17. The molecule has 0 saturated carbocycles. The molecule has 1 N–H and O–H groups in total. The second-order valence-electron chi connectivity index (χ2n) is 4.79. The number of carboxylic acid groups (broad SMARTS) is 1. The van der Waals surface area contributed by atoms with E-state index in [9.17, 15) is 9.59 Å². The highest BCUT2D eigenvalue weighted by atomic mass is 16.6. The Hall–Kier alpha value is -3.02. The molecule has 0 heterocycles. The molecule has 0 aliphatic rings. The molecule has 120 valence electrons. The lowest BCUT2D eigenvalue weighted by atomic mass is 10.1. The van der Waals surface area contributed by atoms with Crippen LogP contribution in [0.1, 0.15) is 15.9 Å². The predicted molar refractivity (Wildman–Crippen MR) is 85.0 cm³/mol. The smallest absolute Gasteiger partial charge is 0.414 e. The Morgan fingerprint density at radius 3 is 2.43 bits per heavy atom. The van der Waals surface area contributed by atoms with E-state index in [1.807, 2.05) is 30.3 Å². The lowest BCUT2D eigenvalue weighted by Gasteiger charge is -2.18. The standard InChI is InChI=1S/C17H17NO5/c1-18(17(21)23-11-12-6-4-3-5-7-12)13-8-9-14(16(19)20)15(10-13)22-2/h3-10H,11H2,1-2H3,(H,19,20). The first-order valence-electron chi connectivity index (χ1n) is 6.88. The van der Waals surface area contributed by atoms with Gasteiger partial charge in [0.05, 0.1) is 12.8 Å². The Kier molecular flexibility index (Phi) is 5.19. The van der Waals surface area contributed by atoms with Gasteiger partial charge in [0.25, 0.3) is 0 Å². The number of ether oxygens (including phenoxy) is 2. The fourth-order valence-electron chi connectivity index (χ4n) is 1.99. The van der Waals surface area contributed by atoms with E-state index in [-0.39, 0.29) is 17.9 Å². The van der Waals surface area contributed by atoms with Crippen LogP contribution in [-0.4, -0.2) is 31.3 Å². The minimum atomic E-state index is -1.09. The SMILES string of the molecule is COc1cc(N(C)C(=O)OCc2ccccc2)ccc1C(=O)O. The first-order chi connectivity index (χ1) is 11.0. The maximum Gasteiger partial charge on any atom is 0.414 e. The summed E-state index contributed by atoms with van der Waals surface area (Å²) >= 11 is 0. The summed E-state index contributed by atoms with van der Waals surface area (Å²) in [4.78, 5) is 24.4. The van der Waals surface area contributed by atoms with Gasteiger partial charge in [0.2, 0.25) is 0 Å². The lowest BCUT2D eigenvalue weighted by Crippen LogP contribution is -2.27. The number of hydrogen-bond donors (Lipinski definition) is 1. The molecular formula is C17H17NO5. The monoisotopic (exact) mass is 315 g/mol. The van der Waals surface area contributed by atoms with Crippen molar-refractivity contribution in [3.05, 3.63) is 59.7 Å². The number of methoxy groups -OCH3 is 1. The molecule has 2 aromatic rings. The number of hydrogen-bond acceptors (Lipinski definition) is 4. The van der Waals surface area contributed by atoms with E-state index in [1.54, 1.807) is 7.05 Å². The summed E-state index contributed by atoms with van der Waals surface area (Å²) in [7, 11) is 2.92. The van der Waals surface area contributed by atoms with Gasteiger partial charge in [0.15, 0.2) is 0 Å². The maximum atomic E-state index is 12.1. The number of carbonyl (C=O) groups excluding carboxylic acids is 1. The number of carbonyl (C=O) groups is 2. The van der Waals surface area contributed by atoms with Gasteiger partial charge in [-0.3, -0.25) is 4.90 Å². The van der Waals surface area contributed by atoms with Crippen molar-refractivity contribution in [2.45, 2.75) is 6.61 Å². The second-order valence-corrected chi connectivity index (χ2v) is 4.79. The van der Waals surface area contributed by atoms with Crippen LogP contribution in [0.15, 0.2) is 48.5 Å². The van der Waals surface area contributed by atoms with E-state index in [0.29, 0.717) is 5.69 Å². The van der Waals surface area contributed by atoms with Crippen molar-refractivity contribution >= 4 is 17.7 Å². The quantitative estimate of drug-likeness (QED) is 0.917. The van der Waals surface area contributed by atoms with E-state index in [4.69, 9.17) is 14.6 Å². The van der Waals surface area contributed by atoms with Crippen molar-refractivity contribution in [2.75, 3.05) is 19.1 Å². The molecule has 6 nitrogen and oxygen atoms in total. The number of aromatic carboxylic acids is 1. The van der Waals surface area contributed by atoms with Crippen LogP contribution in [0.2, 0.25) is 0 Å². The Bertz CT molecular complexity index is 699. The molecule has 6 heteroatoms. The summed E-state index contributed by atoms with van der Waals surface area (Å²) in [5.74, 6) is -0.916. The number of nitrogens with zero attached hydrogens (tertiary/aromatic N) is 1. The first kappa shape index (κ1) is 16.4. The number of anilines is 1. The van der Waals surface area contributed by atoms with Crippen molar-refractivity contribution in [1.29, 1.82) is 0 Å². The third kappa shape index (κ3) is 4.00. The van der Waals surface area contributed by atoms with Crippen molar-refractivity contribution in [3.63, 3.8) is 0 Å². The maximum absolute atomic E-state index is 12.1. The fraction of sp³-hybridized carbons (Fsp3) is 0.176. The van der Waals surface area contributed by atoms with Gasteiger partial charge in [0.1, 0.15) is 17.9 Å². The molecule has 0 radical (unpaired) electrons. The molecule has 0 aromatic heterocycles. The fourth-order valence-corrected chi connectivity index (χ4v) is 1.99. The molecule has 2 rings (SSSR count). The van der Waals surface area contributed by atoms with Crippen LogP contribution in [0.3, 0.4) is 0 Å². The van der Waals surface area contributed by atoms with Gasteiger partial charge < -0.3 is 14.6 Å². The van der Waals surface area contributed by atoms with Crippen molar-refractivity contribution < 1.29 is 24.2 Å². The molecule has 0 bridgehead atoms. The number of benzene rings is 2. The van der Waals surface area contributed by atoms with Crippen LogP contribution >= 0.6 is 0 Å². The number of amides is 1. The van der Waals surface area contributed by atoms with E-state index in [2.05, 4.69) is 0 Å². The van der Waals surface area contributed by atoms with Crippen LogP contribution in [0, 0.1) is 0 Å². The van der Waals surface area contributed by atoms with Crippen LogP contribution in [-0.2, 0) is 11.3 Å². The third-order valence-electron chi connectivity index (χ3n) is 3.28. The molecule has 1 amide bonds. The van der Waals surface area contributed by atoms with Gasteiger partial charge >= 0.3 is 12.1 Å². The number of rotatable bonds is 5. The molecule has 0 spiro atoms. The van der Waals surface area contributed by atoms with E-state index in [0.717, 1.165) is 5.56 Å². The Labute approximate surface area is 133 Å². The molecule has 2 aromatic carbocycles. The number of carboxylic acids is 1. The Balaban J connectivity index is 2.08. The largest absolute Gasteiger partial charge is 0.496 e. The van der Waals surface area contributed by atoms with Crippen LogP contribution in [0.25, 0.3) is 0 Å². The van der Waals surface area contributed by atoms with Gasteiger partial charge in [-0.1, -0.05) is 30.3 Å². The molecule has 23 heavy (non-hydrogen) atoms. The summed E-state index contributed by atoms with van der Waals surface area (Å²) in [6.45, 7) is 0.161. The molecule has 0 aliphatic heterocycles. The molecule has 0 atom stereocenters. The molecule has 0 saturated heterocycles. The van der Waals surface area contributed by atoms with E-state index < -0.39 is 12.1 Å². The molecular weight excluding hydrogens is 298 g/mol. The highest BCUT2D eigenvalue weighted by Crippen LogP contribution is 2.25.